The van der Waals surface area contributed by atoms with Crippen molar-refractivity contribution in [3.05, 3.63) is 0 Å². The average Bonchev–Trinajstić information content (AvgIpc) is 2.35. The summed E-state index contributed by atoms with van der Waals surface area (Å²) in [6.07, 6.45) is 1.73. The SMILES string of the molecule is CCCN1C(C)CCN(C)C(=O)C1CC(=O)O. The van der Waals surface area contributed by atoms with E-state index in [4.69, 9.17) is 5.11 Å². The molecule has 1 N–H and O–H groups in total. The molecule has 5 heteroatoms. The molecule has 0 aromatic carbocycles. The summed E-state index contributed by atoms with van der Waals surface area (Å²) < 4.78 is 0. The summed E-state index contributed by atoms with van der Waals surface area (Å²) in [6, 6.07) is -0.247. The van der Waals surface area contributed by atoms with Crippen LogP contribution >= 0.6 is 0 Å². The third kappa shape index (κ3) is 3.43. The van der Waals surface area contributed by atoms with E-state index < -0.39 is 12.0 Å². The fourth-order valence-corrected chi connectivity index (χ4v) is 2.36. The van der Waals surface area contributed by atoms with Crippen molar-refractivity contribution in [2.75, 3.05) is 20.1 Å². The maximum atomic E-state index is 12.1. The molecule has 1 saturated heterocycles. The fourth-order valence-electron chi connectivity index (χ4n) is 2.36. The van der Waals surface area contributed by atoms with Gasteiger partial charge in [0.1, 0.15) is 6.04 Å². The molecule has 1 heterocycles. The van der Waals surface area contributed by atoms with Gasteiger partial charge in [0, 0.05) is 19.6 Å². The number of hydrogen-bond donors (Lipinski definition) is 1. The van der Waals surface area contributed by atoms with Crippen molar-refractivity contribution in [1.29, 1.82) is 0 Å². The molecule has 1 fully saturated rings. The Kier molecular flexibility index (Phi) is 4.93. The third-order valence-electron chi connectivity index (χ3n) is 3.36. The van der Waals surface area contributed by atoms with E-state index in [0.717, 1.165) is 19.4 Å². The number of likely N-dealkylation sites (N-methyl/N-ethyl adjacent to an activating group) is 1. The summed E-state index contributed by atoms with van der Waals surface area (Å²) >= 11 is 0. The molecule has 0 aromatic rings. The number of amides is 1. The second kappa shape index (κ2) is 6.00. The summed E-state index contributed by atoms with van der Waals surface area (Å²) in [5.41, 5.74) is 0. The van der Waals surface area contributed by atoms with Gasteiger partial charge >= 0.3 is 5.97 Å². The first-order valence-corrected chi connectivity index (χ1v) is 6.19. The molecular formula is C12H22N2O3. The molecule has 2 unspecified atom stereocenters. The van der Waals surface area contributed by atoms with E-state index in [9.17, 15) is 9.59 Å². The van der Waals surface area contributed by atoms with Crippen LogP contribution in [0.5, 0.6) is 0 Å². The predicted octanol–water partition coefficient (Wildman–Crippen LogP) is 0.792. The zero-order valence-electron chi connectivity index (χ0n) is 10.8. The number of carboxylic acid groups (broad SMARTS) is 1. The minimum atomic E-state index is -0.910. The van der Waals surface area contributed by atoms with Crippen LogP contribution in [-0.4, -0.2) is 59.0 Å². The lowest BCUT2D eigenvalue weighted by molar-refractivity contribution is -0.144. The number of carbonyl (C=O) groups excluding carboxylic acids is 1. The van der Waals surface area contributed by atoms with E-state index in [1.165, 1.54) is 0 Å². The van der Waals surface area contributed by atoms with Crippen molar-refractivity contribution in [2.45, 2.75) is 45.2 Å². The van der Waals surface area contributed by atoms with Crippen LogP contribution in [0.15, 0.2) is 0 Å². The molecule has 17 heavy (non-hydrogen) atoms. The van der Waals surface area contributed by atoms with Gasteiger partial charge in [-0.2, -0.15) is 0 Å². The van der Waals surface area contributed by atoms with Gasteiger partial charge in [-0.05, 0) is 26.3 Å². The molecule has 2 atom stereocenters. The predicted molar refractivity (Wildman–Crippen MR) is 64.8 cm³/mol. The van der Waals surface area contributed by atoms with Gasteiger partial charge in [0.25, 0.3) is 0 Å². The molecule has 1 aliphatic heterocycles. The third-order valence-corrected chi connectivity index (χ3v) is 3.36. The molecule has 0 bridgehead atoms. The Hall–Kier alpha value is -1.10. The highest BCUT2D eigenvalue weighted by Crippen LogP contribution is 2.19. The highest BCUT2D eigenvalue weighted by molar-refractivity contribution is 5.86. The van der Waals surface area contributed by atoms with Gasteiger partial charge in [-0.15, -0.1) is 0 Å². The van der Waals surface area contributed by atoms with Crippen LogP contribution in [-0.2, 0) is 9.59 Å². The van der Waals surface area contributed by atoms with Crippen molar-refractivity contribution in [2.24, 2.45) is 0 Å². The lowest BCUT2D eigenvalue weighted by atomic mass is 10.1. The van der Waals surface area contributed by atoms with E-state index in [1.807, 2.05) is 11.8 Å². The molecule has 0 radical (unpaired) electrons. The number of rotatable bonds is 4. The number of hydrogen-bond acceptors (Lipinski definition) is 3. The largest absolute Gasteiger partial charge is 0.481 e. The monoisotopic (exact) mass is 242 g/mol. The molecule has 0 aliphatic carbocycles. The van der Waals surface area contributed by atoms with E-state index in [2.05, 4.69) is 6.92 Å². The molecule has 1 rings (SSSR count). The Morgan fingerprint density at radius 2 is 2.18 bits per heavy atom. The summed E-state index contributed by atoms with van der Waals surface area (Å²) in [6.45, 7) is 5.59. The summed E-state index contributed by atoms with van der Waals surface area (Å²) in [5.74, 6) is -0.975. The van der Waals surface area contributed by atoms with Gasteiger partial charge in [0.2, 0.25) is 5.91 Å². The Balaban J connectivity index is 2.91. The van der Waals surface area contributed by atoms with Gasteiger partial charge in [-0.3, -0.25) is 14.5 Å². The minimum Gasteiger partial charge on any atom is -0.481 e. The number of carbonyl (C=O) groups is 2. The van der Waals surface area contributed by atoms with Gasteiger partial charge in [-0.1, -0.05) is 6.92 Å². The van der Waals surface area contributed by atoms with E-state index in [-0.39, 0.29) is 18.4 Å². The van der Waals surface area contributed by atoms with Crippen molar-refractivity contribution in [3.63, 3.8) is 0 Å². The molecule has 1 amide bonds. The molecule has 98 valence electrons. The van der Waals surface area contributed by atoms with Crippen molar-refractivity contribution in [3.8, 4) is 0 Å². The molecule has 5 nitrogen and oxygen atoms in total. The molecule has 1 aliphatic rings. The lowest BCUT2D eigenvalue weighted by Crippen LogP contribution is -2.48. The minimum absolute atomic E-state index is 0.0646. The van der Waals surface area contributed by atoms with Crippen LogP contribution in [0.25, 0.3) is 0 Å². The maximum Gasteiger partial charge on any atom is 0.305 e. The van der Waals surface area contributed by atoms with Gasteiger partial charge in [0.15, 0.2) is 0 Å². The standard InChI is InChI=1S/C12H22N2O3/c1-4-6-14-9(2)5-7-13(3)12(17)10(14)8-11(15)16/h9-10H,4-8H2,1-3H3,(H,15,16). The quantitative estimate of drug-likeness (QED) is 0.792. The second-order valence-corrected chi connectivity index (χ2v) is 4.75. The first-order valence-electron chi connectivity index (χ1n) is 6.19. The highest BCUT2D eigenvalue weighted by atomic mass is 16.4. The second-order valence-electron chi connectivity index (χ2n) is 4.75. The summed E-state index contributed by atoms with van der Waals surface area (Å²) in [7, 11) is 1.75. The molecule has 0 saturated carbocycles. The highest BCUT2D eigenvalue weighted by Gasteiger charge is 2.35. The van der Waals surface area contributed by atoms with Crippen LogP contribution in [0.2, 0.25) is 0 Å². The zero-order valence-corrected chi connectivity index (χ0v) is 10.8. The first kappa shape index (κ1) is 14.0. The zero-order chi connectivity index (χ0) is 13.0. The van der Waals surface area contributed by atoms with Crippen LogP contribution in [0.4, 0.5) is 0 Å². The normalized spacial score (nSPS) is 27.0. The Bertz CT molecular complexity index is 293. The van der Waals surface area contributed by atoms with Gasteiger partial charge < -0.3 is 10.0 Å². The van der Waals surface area contributed by atoms with E-state index in [0.29, 0.717) is 6.54 Å². The average molecular weight is 242 g/mol. The Labute approximate surface area is 102 Å². The van der Waals surface area contributed by atoms with Crippen molar-refractivity contribution in [1.82, 2.24) is 9.80 Å². The summed E-state index contributed by atoms with van der Waals surface area (Å²) in [5, 5.41) is 8.94. The van der Waals surface area contributed by atoms with Crippen LogP contribution in [0, 0.1) is 0 Å². The molecular weight excluding hydrogens is 220 g/mol. The van der Waals surface area contributed by atoms with E-state index in [1.54, 1.807) is 11.9 Å². The lowest BCUT2D eigenvalue weighted by Gasteiger charge is -2.32. The maximum absolute atomic E-state index is 12.1. The number of carboxylic acids is 1. The Morgan fingerprint density at radius 3 is 2.71 bits per heavy atom. The molecule has 0 aromatic heterocycles. The van der Waals surface area contributed by atoms with Crippen molar-refractivity contribution >= 4 is 11.9 Å². The summed E-state index contributed by atoms with van der Waals surface area (Å²) in [4.78, 5) is 26.7. The smallest absolute Gasteiger partial charge is 0.305 e. The van der Waals surface area contributed by atoms with Crippen LogP contribution < -0.4 is 0 Å². The number of nitrogens with zero attached hydrogens (tertiary/aromatic N) is 2. The first-order chi connectivity index (χ1) is 7.97. The van der Waals surface area contributed by atoms with E-state index >= 15 is 0 Å². The van der Waals surface area contributed by atoms with Gasteiger partial charge in [0.05, 0.1) is 6.42 Å². The van der Waals surface area contributed by atoms with Crippen LogP contribution in [0.1, 0.15) is 33.1 Å². The van der Waals surface area contributed by atoms with Crippen LogP contribution in [0.3, 0.4) is 0 Å². The van der Waals surface area contributed by atoms with Gasteiger partial charge in [-0.25, -0.2) is 0 Å². The fraction of sp³-hybridized carbons (Fsp3) is 0.833. The Morgan fingerprint density at radius 1 is 1.53 bits per heavy atom. The number of aliphatic carboxylic acids is 1. The molecule has 0 spiro atoms. The van der Waals surface area contributed by atoms with Crippen molar-refractivity contribution < 1.29 is 14.7 Å². The topological polar surface area (TPSA) is 60.9 Å².